The van der Waals surface area contributed by atoms with E-state index in [-0.39, 0.29) is 5.78 Å². The van der Waals surface area contributed by atoms with Gasteiger partial charge >= 0.3 is 0 Å². The Morgan fingerprint density at radius 2 is 1.81 bits per heavy atom. The highest BCUT2D eigenvalue weighted by Gasteiger charge is 2.07. The SMILES string of the molecule is CCOc1cccc(C(=O)CCc2ccc(OC)cc2)c1. The number of hydrogen-bond donors (Lipinski definition) is 0. The van der Waals surface area contributed by atoms with E-state index in [1.807, 2.05) is 49.4 Å². The molecule has 2 aromatic rings. The van der Waals surface area contributed by atoms with Crippen LogP contribution in [0.2, 0.25) is 0 Å². The molecular weight excluding hydrogens is 264 g/mol. The minimum atomic E-state index is 0.132. The lowest BCUT2D eigenvalue weighted by atomic mass is 10.0. The van der Waals surface area contributed by atoms with Crippen LogP contribution < -0.4 is 9.47 Å². The number of benzene rings is 2. The quantitative estimate of drug-likeness (QED) is 0.723. The van der Waals surface area contributed by atoms with E-state index < -0.39 is 0 Å². The zero-order valence-electron chi connectivity index (χ0n) is 12.5. The Morgan fingerprint density at radius 1 is 1.05 bits per heavy atom. The molecule has 2 rings (SSSR count). The fourth-order valence-corrected chi connectivity index (χ4v) is 2.12. The van der Waals surface area contributed by atoms with E-state index in [4.69, 9.17) is 9.47 Å². The Hall–Kier alpha value is -2.29. The van der Waals surface area contributed by atoms with Crippen molar-refractivity contribution < 1.29 is 14.3 Å². The van der Waals surface area contributed by atoms with E-state index in [1.165, 1.54) is 0 Å². The molecule has 0 unspecified atom stereocenters. The molecule has 110 valence electrons. The predicted octanol–water partition coefficient (Wildman–Crippen LogP) is 3.91. The molecule has 0 aliphatic carbocycles. The summed E-state index contributed by atoms with van der Waals surface area (Å²) in [5.74, 6) is 1.70. The lowest BCUT2D eigenvalue weighted by molar-refractivity contribution is 0.0982. The summed E-state index contributed by atoms with van der Waals surface area (Å²) >= 11 is 0. The molecule has 3 nitrogen and oxygen atoms in total. The van der Waals surface area contributed by atoms with Gasteiger partial charge in [-0.05, 0) is 43.2 Å². The maximum Gasteiger partial charge on any atom is 0.163 e. The number of methoxy groups -OCH3 is 1. The Kier molecular flexibility index (Phi) is 5.38. The summed E-state index contributed by atoms with van der Waals surface area (Å²) in [7, 11) is 1.64. The lowest BCUT2D eigenvalue weighted by Crippen LogP contribution is -2.02. The van der Waals surface area contributed by atoms with Crippen LogP contribution in [-0.2, 0) is 6.42 Å². The Morgan fingerprint density at radius 3 is 2.48 bits per heavy atom. The van der Waals surface area contributed by atoms with Crippen molar-refractivity contribution in [3.05, 3.63) is 59.7 Å². The van der Waals surface area contributed by atoms with Crippen LogP contribution in [0.3, 0.4) is 0 Å². The molecule has 0 amide bonds. The van der Waals surface area contributed by atoms with Gasteiger partial charge in [-0.15, -0.1) is 0 Å². The average molecular weight is 284 g/mol. The van der Waals surface area contributed by atoms with E-state index in [1.54, 1.807) is 13.2 Å². The van der Waals surface area contributed by atoms with Crippen LogP contribution in [0.5, 0.6) is 11.5 Å². The molecule has 0 radical (unpaired) electrons. The smallest absolute Gasteiger partial charge is 0.163 e. The van der Waals surface area contributed by atoms with Crippen LogP contribution in [0.4, 0.5) is 0 Å². The molecule has 3 heteroatoms. The number of hydrogen-bond acceptors (Lipinski definition) is 3. The first-order valence-electron chi connectivity index (χ1n) is 7.12. The summed E-state index contributed by atoms with van der Waals surface area (Å²) < 4.78 is 10.5. The first-order chi connectivity index (χ1) is 10.2. The van der Waals surface area contributed by atoms with E-state index in [0.717, 1.165) is 23.5 Å². The maximum absolute atomic E-state index is 12.2. The fraction of sp³-hybridized carbons (Fsp3) is 0.278. The van der Waals surface area contributed by atoms with Gasteiger partial charge < -0.3 is 9.47 Å². The highest BCUT2D eigenvalue weighted by molar-refractivity contribution is 5.96. The van der Waals surface area contributed by atoms with E-state index in [2.05, 4.69) is 0 Å². The standard InChI is InChI=1S/C18H20O3/c1-3-21-17-6-4-5-15(13-17)18(19)12-9-14-7-10-16(20-2)11-8-14/h4-8,10-11,13H,3,9,12H2,1-2H3. The van der Waals surface area contributed by atoms with Crippen LogP contribution in [0.15, 0.2) is 48.5 Å². The highest BCUT2D eigenvalue weighted by atomic mass is 16.5. The average Bonchev–Trinajstić information content (AvgIpc) is 2.53. The fourth-order valence-electron chi connectivity index (χ4n) is 2.12. The molecular formula is C18H20O3. The van der Waals surface area contributed by atoms with Crippen molar-refractivity contribution in [3.63, 3.8) is 0 Å². The number of rotatable bonds is 7. The normalized spacial score (nSPS) is 10.2. The summed E-state index contributed by atoms with van der Waals surface area (Å²) in [6, 6.07) is 15.2. The third-order valence-electron chi connectivity index (χ3n) is 3.27. The number of aryl methyl sites for hydroxylation is 1. The molecule has 2 aromatic carbocycles. The maximum atomic E-state index is 12.2. The van der Waals surface area contributed by atoms with Gasteiger partial charge in [0.05, 0.1) is 13.7 Å². The number of Topliss-reactive ketones (excluding diaryl/α,β-unsaturated/α-hetero) is 1. The second-order valence-electron chi connectivity index (χ2n) is 4.73. The molecule has 0 N–H and O–H groups in total. The number of carbonyl (C=O) groups excluding carboxylic acids is 1. The molecule has 0 spiro atoms. The zero-order valence-corrected chi connectivity index (χ0v) is 12.5. The second-order valence-corrected chi connectivity index (χ2v) is 4.73. The van der Waals surface area contributed by atoms with Gasteiger partial charge in [-0.3, -0.25) is 4.79 Å². The predicted molar refractivity (Wildman–Crippen MR) is 83.3 cm³/mol. The van der Waals surface area contributed by atoms with E-state index in [0.29, 0.717) is 18.6 Å². The zero-order chi connectivity index (χ0) is 15.1. The van der Waals surface area contributed by atoms with Crippen molar-refractivity contribution in [2.24, 2.45) is 0 Å². The minimum absolute atomic E-state index is 0.132. The Bertz CT molecular complexity index is 588. The summed E-state index contributed by atoms with van der Waals surface area (Å²) in [5, 5.41) is 0. The van der Waals surface area contributed by atoms with Crippen LogP contribution in [0.1, 0.15) is 29.3 Å². The molecule has 0 bridgehead atoms. The van der Waals surface area contributed by atoms with Gasteiger partial charge in [-0.25, -0.2) is 0 Å². The number of ether oxygens (including phenoxy) is 2. The van der Waals surface area contributed by atoms with E-state index >= 15 is 0 Å². The Labute approximate surface area is 125 Å². The Balaban J connectivity index is 1.95. The van der Waals surface area contributed by atoms with Crippen LogP contribution in [0, 0.1) is 0 Å². The lowest BCUT2D eigenvalue weighted by Gasteiger charge is -2.06. The molecule has 0 aliphatic rings. The summed E-state index contributed by atoms with van der Waals surface area (Å²) in [5.41, 5.74) is 1.83. The van der Waals surface area contributed by atoms with Crippen molar-refractivity contribution in [1.29, 1.82) is 0 Å². The van der Waals surface area contributed by atoms with Gasteiger partial charge in [-0.2, -0.15) is 0 Å². The number of ketones is 1. The highest BCUT2D eigenvalue weighted by Crippen LogP contribution is 2.17. The van der Waals surface area contributed by atoms with Gasteiger partial charge in [0, 0.05) is 12.0 Å². The summed E-state index contributed by atoms with van der Waals surface area (Å²) in [4.78, 5) is 12.2. The van der Waals surface area contributed by atoms with Crippen LogP contribution in [0.25, 0.3) is 0 Å². The largest absolute Gasteiger partial charge is 0.497 e. The minimum Gasteiger partial charge on any atom is -0.497 e. The molecule has 0 fully saturated rings. The molecule has 0 saturated heterocycles. The van der Waals surface area contributed by atoms with Gasteiger partial charge in [0.15, 0.2) is 5.78 Å². The van der Waals surface area contributed by atoms with E-state index in [9.17, 15) is 4.79 Å². The number of carbonyl (C=O) groups is 1. The molecule has 0 heterocycles. The molecule has 0 atom stereocenters. The summed E-state index contributed by atoms with van der Waals surface area (Å²) in [6.07, 6.45) is 1.21. The van der Waals surface area contributed by atoms with Crippen molar-refractivity contribution in [3.8, 4) is 11.5 Å². The second kappa shape index (κ2) is 7.48. The molecule has 0 saturated carbocycles. The van der Waals surface area contributed by atoms with Crippen molar-refractivity contribution >= 4 is 5.78 Å². The van der Waals surface area contributed by atoms with Crippen molar-refractivity contribution in [2.75, 3.05) is 13.7 Å². The van der Waals surface area contributed by atoms with Crippen LogP contribution in [-0.4, -0.2) is 19.5 Å². The first-order valence-corrected chi connectivity index (χ1v) is 7.12. The first kappa shape index (κ1) is 15.1. The molecule has 21 heavy (non-hydrogen) atoms. The topological polar surface area (TPSA) is 35.5 Å². The van der Waals surface area contributed by atoms with Gasteiger partial charge in [0.2, 0.25) is 0 Å². The molecule has 0 aliphatic heterocycles. The van der Waals surface area contributed by atoms with Crippen LogP contribution >= 0.6 is 0 Å². The van der Waals surface area contributed by atoms with Crippen molar-refractivity contribution in [2.45, 2.75) is 19.8 Å². The monoisotopic (exact) mass is 284 g/mol. The van der Waals surface area contributed by atoms with Gasteiger partial charge in [0.1, 0.15) is 11.5 Å². The molecule has 0 aromatic heterocycles. The van der Waals surface area contributed by atoms with Gasteiger partial charge in [-0.1, -0.05) is 24.3 Å². The van der Waals surface area contributed by atoms with Crippen molar-refractivity contribution in [1.82, 2.24) is 0 Å². The summed E-state index contributed by atoms with van der Waals surface area (Å²) in [6.45, 7) is 2.53. The third kappa shape index (κ3) is 4.35. The third-order valence-corrected chi connectivity index (χ3v) is 3.27. The van der Waals surface area contributed by atoms with Gasteiger partial charge in [0.25, 0.3) is 0 Å².